The van der Waals surface area contributed by atoms with Gasteiger partial charge in [-0.3, -0.25) is 9.69 Å². The van der Waals surface area contributed by atoms with Gasteiger partial charge in [-0.25, -0.2) is 14.2 Å². The van der Waals surface area contributed by atoms with E-state index in [1.165, 1.54) is 18.7 Å². The second-order valence-corrected chi connectivity index (χ2v) is 8.78. The SMILES string of the molecule is CC.COc1ccc(CN(C)Cc2ccc(C(/C=C\CN3CC(CNC(C)=O)OC3=O)=C(/C)F)cc2)cn1. The van der Waals surface area contributed by atoms with E-state index in [0.29, 0.717) is 18.0 Å². The number of rotatable bonds is 11. The molecule has 1 saturated heterocycles. The fourth-order valence-corrected chi connectivity index (χ4v) is 3.89. The zero-order chi connectivity index (χ0) is 28.1. The monoisotopic (exact) mass is 526 g/mol. The molecule has 9 heteroatoms. The van der Waals surface area contributed by atoms with Crippen molar-refractivity contribution in [1.82, 2.24) is 20.1 Å². The van der Waals surface area contributed by atoms with Gasteiger partial charge in [-0.1, -0.05) is 56.3 Å². The molecule has 8 nitrogen and oxygen atoms in total. The first-order valence-electron chi connectivity index (χ1n) is 12.7. The molecule has 1 aromatic heterocycles. The summed E-state index contributed by atoms with van der Waals surface area (Å²) >= 11 is 0. The zero-order valence-corrected chi connectivity index (χ0v) is 23.2. The molecule has 2 amide bonds. The van der Waals surface area contributed by atoms with Gasteiger partial charge in [0.2, 0.25) is 11.8 Å². The van der Waals surface area contributed by atoms with Gasteiger partial charge in [0.05, 0.1) is 20.2 Å². The summed E-state index contributed by atoms with van der Waals surface area (Å²) in [5.41, 5.74) is 3.40. The maximum atomic E-state index is 14.3. The van der Waals surface area contributed by atoms with Gasteiger partial charge in [-0.15, -0.1) is 0 Å². The van der Waals surface area contributed by atoms with Crippen LogP contribution < -0.4 is 10.1 Å². The molecule has 1 unspecified atom stereocenters. The molecule has 3 rings (SSSR count). The van der Waals surface area contributed by atoms with Crippen LogP contribution in [-0.4, -0.2) is 66.7 Å². The second kappa shape index (κ2) is 15.5. The lowest BCUT2D eigenvalue weighted by molar-refractivity contribution is -0.119. The fourth-order valence-electron chi connectivity index (χ4n) is 3.89. The van der Waals surface area contributed by atoms with Crippen LogP contribution in [0.3, 0.4) is 0 Å². The van der Waals surface area contributed by atoms with Gasteiger partial charge in [-0.2, -0.15) is 0 Å². The van der Waals surface area contributed by atoms with Crippen LogP contribution in [0.25, 0.3) is 5.57 Å². The Balaban J connectivity index is 0.00000247. The summed E-state index contributed by atoms with van der Waals surface area (Å²) in [7, 11) is 3.62. The fraction of sp³-hybridized carbons (Fsp3) is 0.414. The molecule has 0 saturated carbocycles. The summed E-state index contributed by atoms with van der Waals surface area (Å²) in [6.07, 6.45) is 4.39. The first kappa shape index (κ1) is 30.5. The zero-order valence-electron chi connectivity index (χ0n) is 23.2. The summed E-state index contributed by atoms with van der Waals surface area (Å²) < 4.78 is 24.7. The Morgan fingerprint density at radius 3 is 2.42 bits per heavy atom. The molecule has 1 fully saturated rings. The second-order valence-electron chi connectivity index (χ2n) is 8.78. The van der Waals surface area contributed by atoms with Crippen molar-refractivity contribution < 1.29 is 23.5 Å². The highest BCUT2D eigenvalue weighted by atomic mass is 19.1. The van der Waals surface area contributed by atoms with Crippen LogP contribution in [-0.2, 0) is 22.6 Å². The highest BCUT2D eigenvalue weighted by molar-refractivity contribution is 5.76. The summed E-state index contributed by atoms with van der Waals surface area (Å²) in [6, 6.07) is 11.6. The molecule has 1 N–H and O–H groups in total. The van der Waals surface area contributed by atoms with E-state index in [2.05, 4.69) is 15.2 Å². The van der Waals surface area contributed by atoms with Gasteiger partial charge >= 0.3 is 6.09 Å². The minimum atomic E-state index is -0.448. The summed E-state index contributed by atoms with van der Waals surface area (Å²) in [5.74, 6) is 0.102. The standard InChI is InChI=1S/C27H33FN4O4.C2H6/c1-19(28)25(6-5-13-32-18-24(36-27(32)34)15-29-20(2)33)23-10-7-21(8-11-23)16-31(3)17-22-9-12-26(35-4)30-14-22;1-2/h5-12,14,24H,13,15-18H2,1-4H3,(H,29,33);1-2H3/b6-5-,25-19-;. The number of carbonyl (C=O) groups is 2. The number of hydrogen-bond donors (Lipinski definition) is 1. The Morgan fingerprint density at radius 2 is 1.84 bits per heavy atom. The van der Waals surface area contributed by atoms with Gasteiger partial charge in [0.25, 0.3) is 0 Å². The maximum Gasteiger partial charge on any atom is 0.410 e. The predicted octanol–water partition coefficient (Wildman–Crippen LogP) is 4.96. The van der Waals surface area contributed by atoms with E-state index in [9.17, 15) is 14.0 Å². The molecule has 1 aliphatic rings. The van der Waals surface area contributed by atoms with Crippen molar-refractivity contribution >= 4 is 17.6 Å². The van der Waals surface area contributed by atoms with Crippen molar-refractivity contribution in [2.75, 3.05) is 33.8 Å². The average molecular weight is 527 g/mol. The number of methoxy groups -OCH3 is 1. The van der Waals surface area contributed by atoms with Crippen LogP contribution in [0.4, 0.5) is 9.18 Å². The number of nitrogens with one attached hydrogen (secondary N) is 1. The number of cyclic esters (lactones) is 1. The van der Waals surface area contributed by atoms with Crippen molar-refractivity contribution in [3.05, 3.63) is 77.3 Å². The van der Waals surface area contributed by atoms with Gasteiger partial charge < -0.3 is 19.7 Å². The summed E-state index contributed by atoms with van der Waals surface area (Å²) in [4.78, 5) is 31.0. The number of benzene rings is 1. The molecule has 38 heavy (non-hydrogen) atoms. The van der Waals surface area contributed by atoms with E-state index in [1.807, 2.05) is 57.3 Å². The summed E-state index contributed by atoms with van der Waals surface area (Å²) in [5, 5.41) is 2.64. The highest BCUT2D eigenvalue weighted by Crippen LogP contribution is 2.23. The van der Waals surface area contributed by atoms with Crippen molar-refractivity contribution in [3.63, 3.8) is 0 Å². The first-order chi connectivity index (χ1) is 18.2. The minimum Gasteiger partial charge on any atom is -0.481 e. The lowest BCUT2D eigenvalue weighted by atomic mass is 10.0. The molecule has 206 valence electrons. The molecule has 0 aliphatic carbocycles. The number of ether oxygens (including phenoxy) is 2. The van der Waals surface area contributed by atoms with E-state index in [1.54, 1.807) is 25.5 Å². The largest absolute Gasteiger partial charge is 0.481 e. The number of pyridine rings is 1. The molecule has 1 atom stereocenters. The molecule has 0 bridgehead atoms. The Hall–Kier alpha value is -3.72. The Bertz CT molecular complexity index is 1100. The van der Waals surface area contributed by atoms with Crippen LogP contribution in [0, 0.1) is 0 Å². The van der Waals surface area contributed by atoms with E-state index in [4.69, 9.17) is 9.47 Å². The molecular weight excluding hydrogens is 487 g/mol. The number of amides is 2. The van der Waals surface area contributed by atoms with Crippen LogP contribution >= 0.6 is 0 Å². The number of halogens is 1. The van der Waals surface area contributed by atoms with E-state index >= 15 is 0 Å². The molecule has 1 aliphatic heterocycles. The molecule has 2 heterocycles. The van der Waals surface area contributed by atoms with Crippen molar-refractivity contribution in [2.24, 2.45) is 0 Å². The van der Waals surface area contributed by atoms with Crippen LogP contribution in [0.15, 0.2) is 60.6 Å². The first-order valence-corrected chi connectivity index (χ1v) is 12.7. The predicted molar refractivity (Wildman–Crippen MR) is 147 cm³/mol. The quantitative estimate of drug-likeness (QED) is 0.417. The third kappa shape index (κ3) is 9.63. The van der Waals surface area contributed by atoms with Crippen molar-refractivity contribution in [3.8, 4) is 5.88 Å². The van der Waals surface area contributed by atoms with Gasteiger partial charge in [-0.05, 0) is 30.7 Å². The molecular formula is C29H39FN4O4. The summed E-state index contributed by atoms with van der Waals surface area (Å²) in [6.45, 7) is 9.22. The van der Waals surface area contributed by atoms with Crippen LogP contribution in [0.2, 0.25) is 0 Å². The number of carbonyl (C=O) groups excluding carboxylic acids is 2. The maximum absolute atomic E-state index is 14.3. The van der Waals surface area contributed by atoms with Crippen LogP contribution in [0.5, 0.6) is 5.88 Å². The normalized spacial score (nSPS) is 15.6. The lowest BCUT2D eigenvalue weighted by Gasteiger charge is -2.17. The van der Waals surface area contributed by atoms with Crippen molar-refractivity contribution in [1.29, 1.82) is 0 Å². The minimum absolute atomic E-state index is 0.176. The smallest absolute Gasteiger partial charge is 0.410 e. The Labute approximate surface area is 225 Å². The van der Waals surface area contributed by atoms with Gasteiger partial charge in [0, 0.05) is 44.4 Å². The lowest BCUT2D eigenvalue weighted by Crippen LogP contribution is -2.33. The van der Waals surface area contributed by atoms with Crippen molar-refractivity contribution in [2.45, 2.75) is 46.9 Å². The average Bonchev–Trinajstić information content (AvgIpc) is 3.26. The Kier molecular flexibility index (Phi) is 12.5. The number of aromatic nitrogens is 1. The number of hydrogen-bond acceptors (Lipinski definition) is 6. The molecule has 0 radical (unpaired) electrons. The number of allylic oxidation sites excluding steroid dienone is 3. The third-order valence-corrected chi connectivity index (χ3v) is 5.69. The molecule has 0 spiro atoms. The topological polar surface area (TPSA) is 84.0 Å². The molecule has 2 aromatic rings. The third-order valence-electron chi connectivity index (χ3n) is 5.69. The van der Waals surface area contributed by atoms with Gasteiger partial charge in [0.1, 0.15) is 11.9 Å². The van der Waals surface area contributed by atoms with Crippen LogP contribution in [0.1, 0.15) is 44.4 Å². The highest BCUT2D eigenvalue weighted by Gasteiger charge is 2.30. The Morgan fingerprint density at radius 1 is 1.18 bits per heavy atom. The number of nitrogens with zero attached hydrogens (tertiary/aromatic N) is 3. The van der Waals surface area contributed by atoms with E-state index in [0.717, 1.165) is 29.8 Å². The molecule has 1 aromatic carbocycles. The van der Waals surface area contributed by atoms with E-state index in [-0.39, 0.29) is 30.9 Å². The van der Waals surface area contributed by atoms with E-state index < -0.39 is 6.09 Å². The van der Waals surface area contributed by atoms with Gasteiger partial charge in [0.15, 0.2) is 0 Å².